The predicted octanol–water partition coefficient (Wildman–Crippen LogP) is 1.31. The van der Waals surface area contributed by atoms with Crippen molar-refractivity contribution in [1.29, 1.82) is 0 Å². The lowest BCUT2D eigenvalue weighted by Crippen LogP contribution is -2.43. The van der Waals surface area contributed by atoms with Gasteiger partial charge in [-0.1, -0.05) is 5.21 Å². The van der Waals surface area contributed by atoms with E-state index in [1.807, 2.05) is 11.9 Å². The smallest absolute Gasteiger partial charge is 0.264 e. The third kappa shape index (κ3) is 2.62. The predicted molar refractivity (Wildman–Crippen MR) is 93.4 cm³/mol. The van der Waals surface area contributed by atoms with E-state index in [4.69, 9.17) is 0 Å². The summed E-state index contributed by atoms with van der Waals surface area (Å²) in [4.78, 5) is 6.49. The molecule has 0 unspecified atom stereocenters. The molecule has 0 atom stereocenters. The van der Waals surface area contributed by atoms with Gasteiger partial charge < -0.3 is 4.90 Å². The molecule has 0 saturated carbocycles. The van der Waals surface area contributed by atoms with Gasteiger partial charge in [0.25, 0.3) is 10.0 Å². The largest absolute Gasteiger partial charge is 0.356 e. The highest BCUT2D eigenvalue weighted by atomic mass is 32.2. The zero-order valence-corrected chi connectivity index (χ0v) is 14.3. The lowest BCUT2D eigenvalue weighted by atomic mass is 10.3. The van der Waals surface area contributed by atoms with Crippen molar-refractivity contribution >= 4 is 21.5 Å². The number of hydrogen-bond donors (Lipinski definition) is 0. The summed E-state index contributed by atoms with van der Waals surface area (Å²) in [5.74, 6) is 0.663. The standard InChI is InChI=1S/C16H16N6O2S/c1-20-11-12-22(15-3-2-8-17-16(15)20)25(23,24)14-6-4-13(5-7-14)21-10-9-18-19-21/h2-10H,11-12H2,1H3. The van der Waals surface area contributed by atoms with Gasteiger partial charge in [0.05, 0.1) is 35.2 Å². The topological polar surface area (TPSA) is 84.2 Å². The molecule has 0 bridgehead atoms. The molecule has 25 heavy (non-hydrogen) atoms. The number of sulfonamides is 1. The van der Waals surface area contributed by atoms with Crippen LogP contribution in [0.5, 0.6) is 0 Å². The van der Waals surface area contributed by atoms with E-state index < -0.39 is 10.0 Å². The fraction of sp³-hybridized carbons (Fsp3) is 0.188. The van der Waals surface area contributed by atoms with Gasteiger partial charge in [-0.05, 0) is 36.4 Å². The lowest BCUT2D eigenvalue weighted by molar-refractivity contribution is 0.589. The van der Waals surface area contributed by atoms with Crippen LogP contribution in [0.25, 0.3) is 5.69 Å². The molecule has 9 heteroatoms. The van der Waals surface area contributed by atoms with E-state index in [-0.39, 0.29) is 4.90 Å². The highest BCUT2D eigenvalue weighted by Gasteiger charge is 2.31. The van der Waals surface area contributed by atoms with Crippen molar-refractivity contribution in [3.63, 3.8) is 0 Å². The molecule has 8 nitrogen and oxygen atoms in total. The first-order chi connectivity index (χ1) is 12.1. The summed E-state index contributed by atoms with van der Waals surface area (Å²) in [6.45, 7) is 0.961. The fourth-order valence-electron chi connectivity index (χ4n) is 2.84. The number of aromatic nitrogens is 4. The minimum absolute atomic E-state index is 0.232. The Morgan fingerprint density at radius 2 is 1.84 bits per heavy atom. The SMILES string of the molecule is CN1CCN(S(=O)(=O)c2ccc(-n3ccnn3)cc2)c2cccnc21. The van der Waals surface area contributed by atoms with Gasteiger partial charge in [0.2, 0.25) is 0 Å². The van der Waals surface area contributed by atoms with Crippen LogP contribution in [0.4, 0.5) is 11.5 Å². The van der Waals surface area contributed by atoms with Gasteiger partial charge in [-0.25, -0.2) is 18.1 Å². The summed E-state index contributed by atoms with van der Waals surface area (Å²) in [6.07, 6.45) is 4.93. The van der Waals surface area contributed by atoms with Gasteiger partial charge in [0, 0.05) is 19.8 Å². The number of hydrogen-bond acceptors (Lipinski definition) is 6. The number of rotatable bonds is 3. The van der Waals surface area contributed by atoms with Gasteiger partial charge in [0.15, 0.2) is 5.82 Å². The van der Waals surface area contributed by atoms with E-state index in [9.17, 15) is 8.42 Å². The van der Waals surface area contributed by atoms with E-state index in [1.165, 1.54) is 4.31 Å². The molecule has 3 heterocycles. The number of benzene rings is 1. The third-order valence-corrected chi connectivity index (χ3v) is 5.97. The van der Waals surface area contributed by atoms with Crippen LogP contribution >= 0.6 is 0 Å². The van der Waals surface area contributed by atoms with Gasteiger partial charge in [-0.3, -0.25) is 4.31 Å². The Morgan fingerprint density at radius 3 is 2.56 bits per heavy atom. The first-order valence-corrected chi connectivity index (χ1v) is 9.17. The zero-order valence-electron chi connectivity index (χ0n) is 13.5. The zero-order chi connectivity index (χ0) is 17.4. The highest BCUT2D eigenvalue weighted by Crippen LogP contribution is 2.33. The molecule has 0 radical (unpaired) electrons. The highest BCUT2D eigenvalue weighted by molar-refractivity contribution is 7.92. The van der Waals surface area contributed by atoms with Crippen LogP contribution in [-0.2, 0) is 10.0 Å². The van der Waals surface area contributed by atoms with Crippen LogP contribution in [0.2, 0.25) is 0 Å². The van der Waals surface area contributed by atoms with E-state index in [0.717, 1.165) is 5.69 Å². The molecule has 4 rings (SSSR count). The summed E-state index contributed by atoms with van der Waals surface area (Å²) >= 11 is 0. The Labute approximate surface area is 145 Å². The Balaban J connectivity index is 1.72. The van der Waals surface area contributed by atoms with E-state index in [2.05, 4.69) is 15.3 Å². The molecule has 2 aromatic heterocycles. The lowest BCUT2D eigenvalue weighted by Gasteiger charge is -2.35. The summed E-state index contributed by atoms with van der Waals surface area (Å²) in [6, 6.07) is 10.1. The molecule has 0 amide bonds. The maximum absolute atomic E-state index is 13.1. The van der Waals surface area contributed by atoms with Crippen LogP contribution in [0.15, 0.2) is 59.9 Å². The van der Waals surface area contributed by atoms with E-state index >= 15 is 0 Å². The first kappa shape index (κ1) is 15.6. The fourth-order valence-corrected chi connectivity index (χ4v) is 4.30. The molecule has 1 aliphatic heterocycles. The van der Waals surface area contributed by atoms with Crippen LogP contribution in [0.3, 0.4) is 0 Å². The molecule has 0 saturated heterocycles. The third-order valence-electron chi connectivity index (χ3n) is 4.15. The normalized spacial score (nSPS) is 14.4. The summed E-state index contributed by atoms with van der Waals surface area (Å²) in [7, 11) is -1.76. The average Bonchev–Trinajstić information content (AvgIpc) is 3.17. The molecule has 0 N–H and O–H groups in total. The average molecular weight is 356 g/mol. The van der Waals surface area contributed by atoms with Crippen LogP contribution in [-0.4, -0.2) is 48.5 Å². The van der Waals surface area contributed by atoms with Crippen molar-refractivity contribution in [2.75, 3.05) is 29.3 Å². The maximum Gasteiger partial charge on any atom is 0.264 e. The maximum atomic E-state index is 13.1. The molecule has 3 aromatic rings. The number of likely N-dealkylation sites (N-methyl/N-ethyl adjacent to an activating group) is 1. The molecule has 0 fully saturated rings. The van der Waals surface area contributed by atoms with Gasteiger partial charge in [-0.15, -0.1) is 5.10 Å². The second-order valence-corrected chi connectivity index (χ2v) is 7.55. The van der Waals surface area contributed by atoms with Crippen LogP contribution in [0.1, 0.15) is 0 Å². The number of anilines is 2. The summed E-state index contributed by atoms with van der Waals surface area (Å²) in [5.41, 5.74) is 1.34. The number of fused-ring (bicyclic) bond motifs is 1. The number of pyridine rings is 1. The number of nitrogens with zero attached hydrogens (tertiary/aromatic N) is 6. The first-order valence-electron chi connectivity index (χ1n) is 7.73. The molecule has 0 spiro atoms. The minimum atomic E-state index is -3.66. The summed E-state index contributed by atoms with van der Waals surface area (Å²) in [5, 5.41) is 7.65. The molecule has 1 aromatic carbocycles. The van der Waals surface area contributed by atoms with Gasteiger partial charge in [0.1, 0.15) is 0 Å². The van der Waals surface area contributed by atoms with Crippen molar-refractivity contribution in [1.82, 2.24) is 20.0 Å². The molecular formula is C16H16N6O2S. The van der Waals surface area contributed by atoms with Crippen molar-refractivity contribution in [2.24, 2.45) is 0 Å². The Hall–Kier alpha value is -2.94. The molecular weight excluding hydrogens is 340 g/mol. The van der Waals surface area contributed by atoms with Crippen molar-refractivity contribution in [2.45, 2.75) is 4.90 Å². The van der Waals surface area contributed by atoms with Crippen molar-refractivity contribution < 1.29 is 8.42 Å². The summed E-state index contributed by atoms with van der Waals surface area (Å²) < 4.78 is 29.2. The molecule has 0 aliphatic carbocycles. The van der Waals surface area contributed by atoms with E-state index in [0.29, 0.717) is 24.6 Å². The quantitative estimate of drug-likeness (QED) is 0.703. The van der Waals surface area contributed by atoms with Crippen molar-refractivity contribution in [3.8, 4) is 5.69 Å². The molecule has 128 valence electrons. The van der Waals surface area contributed by atoms with Crippen LogP contribution in [0, 0.1) is 0 Å². The minimum Gasteiger partial charge on any atom is -0.356 e. The molecule has 1 aliphatic rings. The van der Waals surface area contributed by atoms with Crippen molar-refractivity contribution in [3.05, 3.63) is 55.0 Å². The van der Waals surface area contributed by atoms with Crippen LogP contribution < -0.4 is 9.21 Å². The van der Waals surface area contributed by atoms with Gasteiger partial charge in [-0.2, -0.15) is 0 Å². The Morgan fingerprint density at radius 1 is 1.04 bits per heavy atom. The Bertz CT molecular complexity index is 986. The second-order valence-electron chi connectivity index (χ2n) is 5.69. The second kappa shape index (κ2) is 5.85. The van der Waals surface area contributed by atoms with E-state index in [1.54, 1.807) is 59.7 Å². The Kier molecular flexibility index (Phi) is 3.65. The monoisotopic (exact) mass is 356 g/mol. The van der Waals surface area contributed by atoms with Gasteiger partial charge >= 0.3 is 0 Å².